The number of fused-ring (bicyclic) bond motifs is 7. The number of hydrogen-bond donors (Lipinski definition) is 1. The molecule has 8 heteroatoms. The topological polar surface area (TPSA) is 99.1 Å². The molecule has 0 spiro atoms. The van der Waals surface area contributed by atoms with Crippen LogP contribution in [0, 0.1) is 28.6 Å². The average molecular weight is 505 g/mol. The van der Waals surface area contributed by atoms with Crippen molar-refractivity contribution >= 4 is 28.6 Å². The number of ether oxygens (including phenoxy) is 3. The third-order valence-corrected chi connectivity index (χ3v) is 10.5. The lowest BCUT2D eigenvalue weighted by molar-refractivity contribution is -0.197. The van der Waals surface area contributed by atoms with Crippen molar-refractivity contribution < 1.29 is 33.7 Å². The molecule has 0 aromatic carbocycles. The molecular formula is C27H36O7S. The number of hydrogen-bond acceptors (Lipinski definition) is 8. The van der Waals surface area contributed by atoms with Crippen LogP contribution < -0.4 is 0 Å². The highest BCUT2D eigenvalue weighted by atomic mass is 32.2. The van der Waals surface area contributed by atoms with Gasteiger partial charge in [-0.15, -0.1) is 0 Å². The number of carbonyl (C=O) groups is 3. The lowest BCUT2D eigenvalue weighted by Crippen LogP contribution is -2.63. The zero-order valence-electron chi connectivity index (χ0n) is 21.0. The lowest BCUT2D eigenvalue weighted by atomic mass is 9.46. The molecule has 3 saturated carbocycles. The van der Waals surface area contributed by atoms with Crippen LogP contribution in [-0.2, 0) is 23.8 Å². The number of methoxy groups -OCH3 is 1. The van der Waals surface area contributed by atoms with E-state index in [0.29, 0.717) is 19.3 Å². The van der Waals surface area contributed by atoms with Gasteiger partial charge in [0.15, 0.2) is 23.5 Å². The molecule has 0 aromatic rings. The Kier molecular flexibility index (Phi) is 6.35. The van der Waals surface area contributed by atoms with Crippen molar-refractivity contribution in [3.05, 3.63) is 23.8 Å². The van der Waals surface area contributed by atoms with Crippen LogP contribution in [0.2, 0.25) is 0 Å². The molecule has 192 valence electrons. The summed E-state index contributed by atoms with van der Waals surface area (Å²) in [6, 6.07) is 0. The van der Waals surface area contributed by atoms with E-state index in [4.69, 9.17) is 14.2 Å². The van der Waals surface area contributed by atoms with Gasteiger partial charge in [0.2, 0.25) is 0 Å². The van der Waals surface area contributed by atoms with E-state index in [0.717, 1.165) is 36.6 Å². The molecule has 4 fully saturated rings. The second-order valence-corrected chi connectivity index (χ2v) is 12.2. The maximum atomic E-state index is 13.9. The predicted octanol–water partition coefficient (Wildman–Crippen LogP) is 4.22. The fourth-order valence-corrected chi connectivity index (χ4v) is 8.88. The molecule has 7 nitrogen and oxygen atoms in total. The molecular weight excluding hydrogens is 468 g/mol. The first-order valence-corrected chi connectivity index (χ1v) is 13.8. The summed E-state index contributed by atoms with van der Waals surface area (Å²) in [5.74, 6) is 0.0690. The largest absolute Gasteiger partial charge is 0.461 e. The molecule has 0 aromatic heterocycles. The Labute approximate surface area is 211 Å². The third-order valence-electron chi connectivity index (χ3n) is 9.72. The molecule has 1 N–H and O–H groups in total. The van der Waals surface area contributed by atoms with Crippen LogP contribution >= 0.6 is 11.8 Å². The monoisotopic (exact) mass is 504 g/mol. The van der Waals surface area contributed by atoms with E-state index in [9.17, 15) is 19.5 Å². The molecule has 35 heavy (non-hydrogen) atoms. The number of thioether (sulfide) groups is 1. The van der Waals surface area contributed by atoms with Gasteiger partial charge in [-0.3, -0.25) is 9.59 Å². The van der Waals surface area contributed by atoms with Gasteiger partial charge in [0, 0.05) is 16.7 Å². The molecule has 1 aliphatic heterocycles. The minimum absolute atomic E-state index is 0.0119. The Morgan fingerprint density at radius 3 is 2.80 bits per heavy atom. The first kappa shape index (κ1) is 25.2. The fraction of sp³-hybridized carbons (Fsp3) is 0.741. The van der Waals surface area contributed by atoms with Crippen molar-refractivity contribution in [2.45, 2.75) is 83.4 Å². The fourth-order valence-electron chi connectivity index (χ4n) is 8.30. The summed E-state index contributed by atoms with van der Waals surface area (Å²) in [7, 11) is 1.30. The maximum Gasteiger partial charge on any atom is 0.367 e. The molecule has 0 bridgehead atoms. The van der Waals surface area contributed by atoms with Crippen molar-refractivity contribution in [2.75, 3.05) is 12.9 Å². The van der Waals surface area contributed by atoms with Gasteiger partial charge in [-0.05, 0) is 67.9 Å². The van der Waals surface area contributed by atoms with Gasteiger partial charge in [0.1, 0.15) is 0 Å². The molecule has 5 aliphatic rings. The van der Waals surface area contributed by atoms with Crippen molar-refractivity contribution in [3.8, 4) is 0 Å². The summed E-state index contributed by atoms with van der Waals surface area (Å²) >= 11 is 0.849. The Morgan fingerprint density at radius 1 is 1.31 bits per heavy atom. The number of aliphatic hydroxyl groups is 1. The van der Waals surface area contributed by atoms with Crippen molar-refractivity contribution in [2.24, 2.45) is 28.6 Å². The zero-order chi connectivity index (χ0) is 25.2. The molecule has 0 amide bonds. The van der Waals surface area contributed by atoms with E-state index < -0.39 is 34.8 Å². The summed E-state index contributed by atoms with van der Waals surface area (Å²) in [5, 5.41) is 11.2. The van der Waals surface area contributed by atoms with Gasteiger partial charge >= 0.3 is 5.30 Å². The van der Waals surface area contributed by atoms with Crippen molar-refractivity contribution in [3.63, 3.8) is 0 Å². The van der Waals surface area contributed by atoms with Gasteiger partial charge in [0.05, 0.1) is 25.1 Å². The minimum atomic E-state index is -1.19. The number of aliphatic hydroxyl groups excluding tert-OH is 1. The molecule has 5 rings (SSSR count). The quantitative estimate of drug-likeness (QED) is 0.556. The Balaban J connectivity index is 1.52. The number of ketones is 2. The number of carbonyl (C=O) groups excluding carboxylic acids is 3. The normalized spacial score (nSPS) is 45.7. The Bertz CT molecular complexity index is 990. The highest BCUT2D eigenvalue weighted by Crippen LogP contribution is 2.69. The summed E-state index contributed by atoms with van der Waals surface area (Å²) < 4.78 is 17.7. The average Bonchev–Trinajstić information content (AvgIpc) is 3.29. The first-order chi connectivity index (χ1) is 16.6. The molecule has 0 unspecified atom stereocenters. The maximum absolute atomic E-state index is 13.9. The van der Waals surface area contributed by atoms with E-state index in [2.05, 4.69) is 20.8 Å². The van der Waals surface area contributed by atoms with Crippen LogP contribution in [0.15, 0.2) is 23.8 Å². The van der Waals surface area contributed by atoms with E-state index in [1.165, 1.54) is 7.11 Å². The third kappa shape index (κ3) is 3.54. The summed E-state index contributed by atoms with van der Waals surface area (Å²) in [4.78, 5) is 37.8. The summed E-state index contributed by atoms with van der Waals surface area (Å²) in [6.45, 7) is 6.28. The standard InChI is InChI=1S/C27H36O7S/c1-5-6-22-33-21-12-18-17-8-7-15-11-16(28)9-10-25(15,2)23(17)19(29)13-26(18,3)27(21,34-22)20(30)14-35-24(31)32-4/h9-11,17-19,21-23,29H,5-8,12-14H2,1-4H3/t17-,18-,19-,21+,22-,23+,25-,26-,27+/m0/s1. The molecule has 4 aliphatic carbocycles. The van der Waals surface area contributed by atoms with Gasteiger partial charge in [0.25, 0.3) is 0 Å². The van der Waals surface area contributed by atoms with Crippen LogP contribution in [0.4, 0.5) is 4.79 Å². The van der Waals surface area contributed by atoms with E-state index in [-0.39, 0.29) is 40.5 Å². The van der Waals surface area contributed by atoms with Crippen LogP contribution in [-0.4, -0.2) is 58.9 Å². The van der Waals surface area contributed by atoms with Gasteiger partial charge in [-0.2, -0.15) is 0 Å². The van der Waals surface area contributed by atoms with E-state index in [1.807, 2.05) is 6.08 Å². The van der Waals surface area contributed by atoms with Crippen molar-refractivity contribution in [1.82, 2.24) is 0 Å². The SMILES string of the molecule is CCC[C@H]1O[C@@H]2C[C@H]3[C@@H]4CCC5=CC(=O)C=C[C@]5(C)[C@H]4[C@@H](O)C[C@]3(C)[C@]2(C(=O)CSC(=O)OC)O1. The molecule has 1 saturated heterocycles. The molecule has 9 atom stereocenters. The van der Waals surface area contributed by atoms with E-state index in [1.54, 1.807) is 12.2 Å². The second-order valence-electron chi connectivity index (χ2n) is 11.3. The summed E-state index contributed by atoms with van der Waals surface area (Å²) in [6.07, 6.45) is 8.17. The van der Waals surface area contributed by atoms with Gasteiger partial charge in [-0.25, -0.2) is 4.79 Å². The highest BCUT2D eigenvalue weighted by Gasteiger charge is 2.75. The Hall–Kier alpha value is -1.48. The zero-order valence-corrected chi connectivity index (χ0v) is 21.8. The first-order valence-electron chi connectivity index (χ1n) is 12.8. The van der Waals surface area contributed by atoms with Crippen LogP contribution in [0.5, 0.6) is 0 Å². The van der Waals surface area contributed by atoms with Gasteiger partial charge < -0.3 is 19.3 Å². The Morgan fingerprint density at radius 2 is 2.09 bits per heavy atom. The molecule has 1 heterocycles. The second kappa shape index (κ2) is 8.82. The smallest absolute Gasteiger partial charge is 0.367 e. The highest BCUT2D eigenvalue weighted by molar-refractivity contribution is 8.13. The summed E-state index contributed by atoms with van der Waals surface area (Å²) in [5.41, 5.74) is -1.09. The predicted molar refractivity (Wildman–Crippen MR) is 131 cm³/mol. The van der Waals surface area contributed by atoms with Crippen molar-refractivity contribution in [1.29, 1.82) is 0 Å². The minimum Gasteiger partial charge on any atom is -0.461 e. The number of allylic oxidation sites excluding steroid dienone is 4. The molecule has 0 radical (unpaired) electrons. The van der Waals surface area contributed by atoms with Crippen LogP contribution in [0.1, 0.15) is 59.3 Å². The van der Waals surface area contributed by atoms with E-state index >= 15 is 0 Å². The number of rotatable bonds is 5. The van der Waals surface area contributed by atoms with Crippen LogP contribution in [0.3, 0.4) is 0 Å². The van der Waals surface area contributed by atoms with Gasteiger partial charge in [-0.1, -0.05) is 38.8 Å². The van der Waals surface area contributed by atoms with Crippen LogP contribution in [0.25, 0.3) is 0 Å². The lowest BCUT2D eigenvalue weighted by Gasteiger charge is -2.59. The number of Topliss-reactive ketones (excluding diaryl/α,β-unsaturated/α-hetero) is 1.